The predicted octanol–water partition coefficient (Wildman–Crippen LogP) is 2.48. The van der Waals surface area contributed by atoms with Gasteiger partial charge in [-0.3, -0.25) is 4.98 Å². The van der Waals surface area contributed by atoms with Gasteiger partial charge in [0.15, 0.2) is 11.5 Å². The molecule has 1 heterocycles. The average molecular weight is 272 g/mol. The zero-order valence-corrected chi connectivity index (χ0v) is 11.9. The fourth-order valence-corrected chi connectivity index (χ4v) is 1.98. The highest BCUT2D eigenvalue weighted by Gasteiger charge is 2.06. The van der Waals surface area contributed by atoms with E-state index in [0.717, 1.165) is 34.9 Å². The van der Waals surface area contributed by atoms with Gasteiger partial charge in [0.2, 0.25) is 0 Å². The van der Waals surface area contributed by atoms with Crippen molar-refractivity contribution in [2.24, 2.45) is 5.73 Å². The Labute approximate surface area is 119 Å². The third-order valence-corrected chi connectivity index (χ3v) is 2.98. The lowest BCUT2D eigenvalue weighted by atomic mass is 10.1. The Hall–Kier alpha value is -2.07. The molecule has 0 aliphatic carbocycles. The second kappa shape index (κ2) is 6.91. The van der Waals surface area contributed by atoms with Crippen LogP contribution in [0.5, 0.6) is 11.5 Å². The molecule has 0 bridgehead atoms. The van der Waals surface area contributed by atoms with Gasteiger partial charge in [-0.2, -0.15) is 0 Å². The van der Waals surface area contributed by atoms with Gasteiger partial charge in [-0.1, -0.05) is 12.1 Å². The molecule has 4 heteroatoms. The molecule has 0 unspecified atom stereocenters. The van der Waals surface area contributed by atoms with Gasteiger partial charge in [-0.15, -0.1) is 0 Å². The van der Waals surface area contributed by atoms with Crippen LogP contribution in [0.3, 0.4) is 0 Å². The van der Waals surface area contributed by atoms with Crippen molar-refractivity contribution in [1.29, 1.82) is 0 Å². The van der Waals surface area contributed by atoms with E-state index in [4.69, 9.17) is 15.2 Å². The van der Waals surface area contributed by atoms with Gasteiger partial charge < -0.3 is 15.2 Å². The molecule has 1 aromatic carbocycles. The van der Waals surface area contributed by atoms with Crippen molar-refractivity contribution in [2.45, 2.75) is 20.0 Å². The van der Waals surface area contributed by atoms with Crippen molar-refractivity contribution in [3.05, 3.63) is 53.3 Å². The van der Waals surface area contributed by atoms with Gasteiger partial charge in [0.05, 0.1) is 12.8 Å². The second-order valence-electron chi connectivity index (χ2n) is 4.58. The smallest absolute Gasteiger partial charge is 0.161 e. The Morgan fingerprint density at radius 1 is 1.15 bits per heavy atom. The fraction of sp³-hybridized carbons (Fsp3) is 0.312. The van der Waals surface area contributed by atoms with Gasteiger partial charge in [0.1, 0.15) is 6.61 Å². The lowest BCUT2D eigenvalue weighted by Crippen LogP contribution is -2.04. The van der Waals surface area contributed by atoms with Crippen LogP contribution < -0.4 is 15.2 Å². The van der Waals surface area contributed by atoms with Crippen LogP contribution in [0.1, 0.15) is 17.0 Å². The van der Waals surface area contributed by atoms with Gasteiger partial charge >= 0.3 is 0 Å². The monoisotopic (exact) mass is 272 g/mol. The Bertz CT molecular complexity index is 570. The number of aryl methyl sites for hydroxylation is 1. The minimum atomic E-state index is 0.425. The highest BCUT2D eigenvalue weighted by atomic mass is 16.5. The van der Waals surface area contributed by atoms with E-state index < -0.39 is 0 Å². The summed E-state index contributed by atoms with van der Waals surface area (Å²) >= 11 is 0. The first kappa shape index (κ1) is 14.3. The SMILES string of the molecule is COc1cc(CCN)ccc1OCc1cccc(C)n1. The summed E-state index contributed by atoms with van der Waals surface area (Å²) in [7, 11) is 1.64. The number of aromatic nitrogens is 1. The molecular formula is C16H20N2O2. The molecule has 0 atom stereocenters. The second-order valence-corrected chi connectivity index (χ2v) is 4.58. The molecule has 0 spiro atoms. The number of methoxy groups -OCH3 is 1. The van der Waals surface area contributed by atoms with Crippen molar-refractivity contribution in [2.75, 3.05) is 13.7 Å². The lowest BCUT2D eigenvalue weighted by molar-refractivity contribution is 0.280. The minimum absolute atomic E-state index is 0.425. The number of nitrogens with zero attached hydrogens (tertiary/aromatic N) is 1. The van der Waals surface area contributed by atoms with Gasteiger partial charge in [0.25, 0.3) is 0 Å². The molecule has 4 nitrogen and oxygen atoms in total. The molecule has 106 valence electrons. The normalized spacial score (nSPS) is 10.3. The summed E-state index contributed by atoms with van der Waals surface area (Å²) in [6.07, 6.45) is 0.829. The van der Waals surface area contributed by atoms with Crippen LogP contribution in [0, 0.1) is 6.92 Å². The standard InChI is InChI=1S/C16H20N2O2/c1-12-4-3-5-14(18-12)11-20-15-7-6-13(8-9-17)10-16(15)19-2/h3-7,10H,8-9,11,17H2,1-2H3. The van der Waals surface area contributed by atoms with E-state index in [2.05, 4.69) is 4.98 Å². The molecule has 0 saturated carbocycles. The van der Waals surface area contributed by atoms with Crippen LogP contribution in [-0.2, 0) is 13.0 Å². The van der Waals surface area contributed by atoms with Crippen molar-refractivity contribution in [3.63, 3.8) is 0 Å². The quantitative estimate of drug-likeness (QED) is 0.877. The first-order valence-corrected chi connectivity index (χ1v) is 6.65. The number of nitrogens with two attached hydrogens (primary N) is 1. The van der Waals surface area contributed by atoms with E-state index >= 15 is 0 Å². The maximum absolute atomic E-state index is 5.78. The molecule has 1 aromatic heterocycles. The Kier molecular flexibility index (Phi) is 4.96. The largest absolute Gasteiger partial charge is 0.493 e. The summed E-state index contributed by atoms with van der Waals surface area (Å²) in [5, 5.41) is 0. The van der Waals surface area contributed by atoms with Crippen LogP contribution in [0.2, 0.25) is 0 Å². The van der Waals surface area contributed by atoms with Crippen molar-refractivity contribution in [1.82, 2.24) is 4.98 Å². The van der Waals surface area contributed by atoms with Crippen molar-refractivity contribution < 1.29 is 9.47 Å². The number of benzene rings is 1. The molecule has 0 aliphatic rings. The third-order valence-electron chi connectivity index (χ3n) is 2.98. The Morgan fingerprint density at radius 3 is 2.70 bits per heavy atom. The van der Waals surface area contributed by atoms with E-state index in [-0.39, 0.29) is 0 Å². The summed E-state index contributed by atoms with van der Waals surface area (Å²) in [6, 6.07) is 11.8. The van der Waals surface area contributed by atoms with Gasteiger partial charge in [-0.05, 0) is 49.7 Å². The van der Waals surface area contributed by atoms with Gasteiger partial charge in [0, 0.05) is 5.69 Å². The molecular weight excluding hydrogens is 252 g/mol. The highest BCUT2D eigenvalue weighted by molar-refractivity contribution is 5.43. The van der Waals surface area contributed by atoms with E-state index in [1.807, 2.05) is 43.3 Å². The molecule has 20 heavy (non-hydrogen) atoms. The maximum atomic E-state index is 5.78. The predicted molar refractivity (Wildman–Crippen MR) is 79.1 cm³/mol. The molecule has 2 N–H and O–H groups in total. The van der Waals surface area contributed by atoms with Crippen LogP contribution in [0.4, 0.5) is 0 Å². The number of hydrogen-bond donors (Lipinski definition) is 1. The molecule has 0 saturated heterocycles. The van der Waals surface area contributed by atoms with Crippen LogP contribution >= 0.6 is 0 Å². The molecule has 0 radical (unpaired) electrons. The summed E-state index contributed by atoms with van der Waals surface area (Å²) in [6.45, 7) is 3.01. The maximum Gasteiger partial charge on any atom is 0.161 e. The van der Waals surface area contributed by atoms with E-state index in [9.17, 15) is 0 Å². The molecule has 0 fully saturated rings. The van der Waals surface area contributed by atoms with Crippen molar-refractivity contribution >= 4 is 0 Å². The van der Waals surface area contributed by atoms with Crippen LogP contribution in [0.25, 0.3) is 0 Å². The fourth-order valence-electron chi connectivity index (χ4n) is 1.98. The van der Waals surface area contributed by atoms with Crippen LogP contribution in [0.15, 0.2) is 36.4 Å². The van der Waals surface area contributed by atoms with E-state index in [0.29, 0.717) is 13.2 Å². The lowest BCUT2D eigenvalue weighted by Gasteiger charge is -2.12. The number of pyridine rings is 1. The highest BCUT2D eigenvalue weighted by Crippen LogP contribution is 2.28. The van der Waals surface area contributed by atoms with Crippen LogP contribution in [-0.4, -0.2) is 18.6 Å². The zero-order valence-electron chi connectivity index (χ0n) is 11.9. The first-order chi connectivity index (χ1) is 9.72. The summed E-state index contributed by atoms with van der Waals surface area (Å²) in [5.41, 5.74) is 8.59. The molecule has 0 aliphatic heterocycles. The minimum Gasteiger partial charge on any atom is -0.493 e. The molecule has 2 aromatic rings. The Morgan fingerprint density at radius 2 is 2.00 bits per heavy atom. The molecule has 2 rings (SSSR count). The van der Waals surface area contributed by atoms with E-state index in [1.165, 1.54) is 0 Å². The number of rotatable bonds is 6. The Balaban J connectivity index is 2.09. The van der Waals surface area contributed by atoms with Crippen molar-refractivity contribution in [3.8, 4) is 11.5 Å². The first-order valence-electron chi connectivity index (χ1n) is 6.65. The number of ether oxygens (including phenoxy) is 2. The average Bonchev–Trinajstić information content (AvgIpc) is 2.46. The number of hydrogen-bond acceptors (Lipinski definition) is 4. The van der Waals surface area contributed by atoms with E-state index in [1.54, 1.807) is 7.11 Å². The summed E-state index contributed by atoms with van der Waals surface area (Å²) in [4.78, 5) is 4.41. The summed E-state index contributed by atoms with van der Waals surface area (Å²) in [5.74, 6) is 1.44. The third kappa shape index (κ3) is 3.71. The molecule has 0 amide bonds. The van der Waals surface area contributed by atoms with Gasteiger partial charge in [-0.25, -0.2) is 0 Å². The summed E-state index contributed by atoms with van der Waals surface area (Å²) < 4.78 is 11.1. The zero-order chi connectivity index (χ0) is 14.4. The topological polar surface area (TPSA) is 57.4 Å².